The highest BCUT2D eigenvalue weighted by Gasteiger charge is 2.25. The van der Waals surface area contributed by atoms with Crippen molar-refractivity contribution in [2.24, 2.45) is 0 Å². The number of piperidine rings is 1. The van der Waals surface area contributed by atoms with E-state index >= 15 is 0 Å². The molecule has 1 amide bonds. The Labute approximate surface area is 142 Å². The van der Waals surface area contributed by atoms with Gasteiger partial charge in [-0.05, 0) is 38.3 Å². The Morgan fingerprint density at radius 1 is 1.33 bits per heavy atom. The van der Waals surface area contributed by atoms with E-state index < -0.39 is 0 Å². The third-order valence-electron chi connectivity index (χ3n) is 4.36. The lowest BCUT2D eigenvalue weighted by Gasteiger charge is -2.31. The lowest BCUT2D eigenvalue weighted by atomic mass is 9.97. The second-order valence-corrected chi connectivity index (χ2v) is 6.35. The van der Waals surface area contributed by atoms with Crippen molar-refractivity contribution < 1.29 is 4.79 Å². The standard InChI is InChI=1S/C18H23N5O/c1-12-6-4-8-19-17(12)21-16-10-13(2)20-18(22-16)15-7-5-9-23(11-15)14(3)24/h4,6,8,10,15H,5,7,9,11H2,1-3H3,(H,19,20,21,22). The zero-order valence-electron chi connectivity index (χ0n) is 14.4. The minimum Gasteiger partial charge on any atom is -0.342 e. The molecule has 1 atom stereocenters. The van der Waals surface area contributed by atoms with Gasteiger partial charge in [-0.15, -0.1) is 0 Å². The third-order valence-corrected chi connectivity index (χ3v) is 4.36. The molecule has 0 bridgehead atoms. The number of carbonyl (C=O) groups is 1. The molecule has 3 rings (SSSR count). The Morgan fingerprint density at radius 2 is 2.17 bits per heavy atom. The SMILES string of the molecule is CC(=O)N1CCCC(c2nc(C)cc(Nc3ncccc3C)n2)C1. The number of aromatic nitrogens is 3. The molecule has 24 heavy (non-hydrogen) atoms. The van der Waals surface area contributed by atoms with E-state index in [2.05, 4.69) is 20.3 Å². The largest absolute Gasteiger partial charge is 0.342 e. The van der Waals surface area contributed by atoms with Crippen LogP contribution in [0.15, 0.2) is 24.4 Å². The van der Waals surface area contributed by atoms with Gasteiger partial charge in [-0.25, -0.2) is 15.0 Å². The molecule has 1 aliphatic heterocycles. The van der Waals surface area contributed by atoms with Gasteiger partial charge in [-0.3, -0.25) is 4.79 Å². The number of amides is 1. The smallest absolute Gasteiger partial charge is 0.219 e. The fraction of sp³-hybridized carbons (Fsp3) is 0.444. The maximum atomic E-state index is 11.7. The molecule has 1 fully saturated rings. The zero-order valence-corrected chi connectivity index (χ0v) is 14.4. The summed E-state index contributed by atoms with van der Waals surface area (Å²) in [6.45, 7) is 7.12. The van der Waals surface area contributed by atoms with Gasteiger partial charge < -0.3 is 10.2 Å². The van der Waals surface area contributed by atoms with E-state index in [1.54, 1.807) is 13.1 Å². The average molecular weight is 325 g/mol. The number of pyridine rings is 1. The lowest BCUT2D eigenvalue weighted by molar-refractivity contribution is -0.130. The van der Waals surface area contributed by atoms with Crippen molar-refractivity contribution >= 4 is 17.5 Å². The highest BCUT2D eigenvalue weighted by atomic mass is 16.2. The van der Waals surface area contributed by atoms with E-state index in [9.17, 15) is 4.79 Å². The van der Waals surface area contributed by atoms with E-state index in [4.69, 9.17) is 0 Å². The molecule has 0 saturated carbocycles. The quantitative estimate of drug-likeness (QED) is 0.939. The van der Waals surface area contributed by atoms with Crippen molar-refractivity contribution in [3.63, 3.8) is 0 Å². The van der Waals surface area contributed by atoms with Gasteiger partial charge in [0.1, 0.15) is 17.5 Å². The summed E-state index contributed by atoms with van der Waals surface area (Å²) in [6.07, 6.45) is 3.76. The first-order valence-corrected chi connectivity index (χ1v) is 8.32. The number of nitrogens with one attached hydrogen (secondary N) is 1. The maximum absolute atomic E-state index is 11.7. The second kappa shape index (κ2) is 6.95. The molecule has 0 spiro atoms. The molecule has 2 aromatic heterocycles. The fourth-order valence-electron chi connectivity index (χ4n) is 3.05. The van der Waals surface area contributed by atoms with Crippen LogP contribution in [0.5, 0.6) is 0 Å². The van der Waals surface area contributed by atoms with Crippen LogP contribution in [0.3, 0.4) is 0 Å². The van der Waals surface area contributed by atoms with Crippen LogP contribution in [-0.2, 0) is 4.79 Å². The molecule has 1 saturated heterocycles. The van der Waals surface area contributed by atoms with Crippen LogP contribution in [0, 0.1) is 13.8 Å². The normalized spacial score (nSPS) is 17.6. The average Bonchev–Trinajstić information content (AvgIpc) is 2.56. The number of likely N-dealkylation sites (tertiary alicyclic amines) is 1. The monoisotopic (exact) mass is 325 g/mol. The van der Waals surface area contributed by atoms with Crippen LogP contribution in [0.2, 0.25) is 0 Å². The highest BCUT2D eigenvalue weighted by Crippen LogP contribution is 2.26. The van der Waals surface area contributed by atoms with Gasteiger partial charge in [-0.2, -0.15) is 0 Å². The van der Waals surface area contributed by atoms with Crippen molar-refractivity contribution in [1.82, 2.24) is 19.9 Å². The topological polar surface area (TPSA) is 71.0 Å². The number of hydrogen-bond acceptors (Lipinski definition) is 5. The summed E-state index contributed by atoms with van der Waals surface area (Å²) in [5.74, 6) is 2.66. The minimum atomic E-state index is 0.120. The number of anilines is 2. The molecule has 1 aliphatic rings. The third kappa shape index (κ3) is 3.69. The molecule has 2 aromatic rings. The number of rotatable bonds is 3. The first-order chi connectivity index (χ1) is 11.5. The first kappa shape index (κ1) is 16.4. The van der Waals surface area contributed by atoms with E-state index in [1.165, 1.54) is 0 Å². The summed E-state index contributed by atoms with van der Waals surface area (Å²) < 4.78 is 0. The Morgan fingerprint density at radius 3 is 2.92 bits per heavy atom. The summed E-state index contributed by atoms with van der Waals surface area (Å²) in [6, 6.07) is 5.84. The number of hydrogen-bond donors (Lipinski definition) is 1. The van der Waals surface area contributed by atoms with Gasteiger partial charge in [-0.1, -0.05) is 6.07 Å². The van der Waals surface area contributed by atoms with Crippen LogP contribution in [-0.4, -0.2) is 38.8 Å². The van der Waals surface area contributed by atoms with Crippen LogP contribution < -0.4 is 5.32 Å². The van der Waals surface area contributed by atoms with Crippen LogP contribution in [0.1, 0.15) is 42.8 Å². The van der Waals surface area contributed by atoms with E-state index in [1.807, 2.05) is 36.9 Å². The lowest BCUT2D eigenvalue weighted by Crippen LogP contribution is -2.38. The van der Waals surface area contributed by atoms with Crippen molar-refractivity contribution in [2.75, 3.05) is 18.4 Å². The maximum Gasteiger partial charge on any atom is 0.219 e. The van der Waals surface area contributed by atoms with Gasteiger partial charge in [0, 0.05) is 43.9 Å². The summed E-state index contributed by atoms with van der Waals surface area (Å²) >= 11 is 0. The van der Waals surface area contributed by atoms with Gasteiger partial charge in [0.15, 0.2) is 0 Å². The van der Waals surface area contributed by atoms with Gasteiger partial charge in [0.2, 0.25) is 5.91 Å². The predicted octanol–water partition coefficient (Wildman–Crippen LogP) is 2.96. The molecule has 0 aromatic carbocycles. The predicted molar refractivity (Wildman–Crippen MR) is 93.3 cm³/mol. The van der Waals surface area contributed by atoms with Crippen molar-refractivity contribution in [3.8, 4) is 0 Å². The first-order valence-electron chi connectivity index (χ1n) is 8.32. The summed E-state index contributed by atoms with van der Waals surface area (Å²) in [5.41, 5.74) is 1.98. The van der Waals surface area contributed by atoms with Crippen LogP contribution in [0.25, 0.3) is 0 Å². The minimum absolute atomic E-state index is 0.120. The van der Waals surface area contributed by atoms with Crippen LogP contribution >= 0.6 is 0 Å². The fourth-order valence-corrected chi connectivity index (χ4v) is 3.05. The zero-order chi connectivity index (χ0) is 17.1. The van der Waals surface area contributed by atoms with Crippen molar-refractivity contribution in [2.45, 2.75) is 39.5 Å². The Hall–Kier alpha value is -2.50. The van der Waals surface area contributed by atoms with Gasteiger partial charge >= 0.3 is 0 Å². The van der Waals surface area contributed by atoms with Gasteiger partial charge in [0.05, 0.1) is 0 Å². The number of aryl methyl sites for hydroxylation is 2. The Kier molecular flexibility index (Phi) is 4.74. The number of nitrogens with zero attached hydrogens (tertiary/aromatic N) is 4. The van der Waals surface area contributed by atoms with Crippen molar-refractivity contribution in [3.05, 3.63) is 41.5 Å². The molecule has 6 nitrogen and oxygen atoms in total. The molecule has 126 valence electrons. The van der Waals surface area contributed by atoms with Gasteiger partial charge in [0.25, 0.3) is 0 Å². The molecule has 0 radical (unpaired) electrons. The Balaban J connectivity index is 1.84. The molecular weight excluding hydrogens is 302 g/mol. The molecule has 6 heteroatoms. The molecule has 1 N–H and O–H groups in total. The Bertz CT molecular complexity index is 746. The second-order valence-electron chi connectivity index (χ2n) is 6.35. The summed E-state index contributed by atoms with van der Waals surface area (Å²) in [5, 5.41) is 3.28. The van der Waals surface area contributed by atoms with E-state index in [0.717, 1.165) is 48.1 Å². The summed E-state index contributed by atoms with van der Waals surface area (Å²) in [4.78, 5) is 27.2. The molecule has 0 aliphatic carbocycles. The molecule has 3 heterocycles. The number of carbonyl (C=O) groups excluding carboxylic acids is 1. The van der Waals surface area contributed by atoms with E-state index in [0.29, 0.717) is 6.54 Å². The molecule has 1 unspecified atom stereocenters. The van der Waals surface area contributed by atoms with Crippen molar-refractivity contribution in [1.29, 1.82) is 0 Å². The van der Waals surface area contributed by atoms with E-state index in [-0.39, 0.29) is 11.8 Å². The molecular formula is C18H23N5O. The summed E-state index contributed by atoms with van der Waals surface area (Å²) in [7, 11) is 0. The highest BCUT2D eigenvalue weighted by molar-refractivity contribution is 5.73. The van der Waals surface area contributed by atoms with Crippen LogP contribution in [0.4, 0.5) is 11.6 Å².